The standard InChI is InChI=1S/C9H13FN2O/c1-5(10)8-4-7(11)9(13-3)6(2)12-8/h4-5H,1-3H3,(H2,11,12). The summed E-state index contributed by atoms with van der Waals surface area (Å²) in [6.45, 7) is 3.16. The summed E-state index contributed by atoms with van der Waals surface area (Å²) in [5.74, 6) is 0.518. The van der Waals surface area contributed by atoms with Crippen molar-refractivity contribution in [2.45, 2.75) is 20.0 Å². The molecule has 1 atom stereocenters. The molecule has 1 rings (SSSR count). The maximum Gasteiger partial charge on any atom is 0.162 e. The van der Waals surface area contributed by atoms with Gasteiger partial charge in [-0.1, -0.05) is 0 Å². The fraction of sp³-hybridized carbons (Fsp3) is 0.444. The summed E-state index contributed by atoms with van der Waals surface area (Å²) in [7, 11) is 1.51. The molecule has 1 heterocycles. The SMILES string of the molecule is COc1c(N)cc(C(C)F)nc1C. The molecule has 0 aliphatic carbocycles. The van der Waals surface area contributed by atoms with Gasteiger partial charge in [0, 0.05) is 0 Å². The van der Waals surface area contributed by atoms with Crippen LogP contribution in [0.5, 0.6) is 5.75 Å². The van der Waals surface area contributed by atoms with Gasteiger partial charge in [0.15, 0.2) is 5.75 Å². The minimum atomic E-state index is -1.10. The Morgan fingerprint density at radius 2 is 2.23 bits per heavy atom. The van der Waals surface area contributed by atoms with Crippen LogP contribution >= 0.6 is 0 Å². The number of pyridine rings is 1. The van der Waals surface area contributed by atoms with E-state index < -0.39 is 6.17 Å². The molecule has 0 amide bonds. The first-order valence-corrected chi connectivity index (χ1v) is 4.01. The summed E-state index contributed by atoms with van der Waals surface area (Å²) in [5, 5.41) is 0. The van der Waals surface area contributed by atoms with Crippen molar-refractivity contribution in [2.75, 3.05) is 12.8 Å². The Labute approximate surface area is 76.7 Å². The van der Waals surface area contributed by atoms with E-state index >= 15 is 0 Å². The van der Waals surface area contributed by atoms with Gasteiger partial charge < -0.3 is 10.5 Å². The summed E-state index contributed by atoms with van der Waals surface area (Å²) in [6.07, 6.45) is -1.10. The number of alkyl halides is 1. The van der Waals surface area contributed by atoms with Crippen molar-refractivity contribution in [1.29, 1.82) is 0 Å². The molecule has 1 aromatic rings. The quantitative estimate of drug-likeness (QED) is 0.764. The zero-order valence-electron chi connectivity index (χ0n) is 7.97. The average molecular weight is 184 g/mol. The molecule has 0 aromatic carbocycles. The van der Waals surface area contributed by atoms with Crippen molar-refractivity contribution in [1.82, 2.24) is 4.98 Å². The van der Waals surface area contributed by atoms with E-state index in [1.54, 1.807) is 6.92 Å². The van der Waals surface area contributed by atoms with Gasteiger partial charge in [0.05, 0.1) is 24.2 Å². The second-order valence-corrected chi connectivity index (χ2v) is 2.87. The summed E-state index contributed by atoms with van der Waals surface area (Å²) in [6, 6.07) is 1.50. The predicted molar refractivity (Wildman–Crippen MR) is 49.5 cm³/mol. The van der Waals surface area contributed by atoms with Crippen LogP contribution < -0.4 is 10.5 Å². The number of hydrogen-bond donors (Lipinski definition) is 1. The zero-order valence-corrected chi connectivity index (χ0v) is 7.97. The van der Waals surface area contributed by atoms with Crippen molar-refractivity contribution in [2.24, 2.45) is 0 Å². The summed E-state index contributed by atoms with van der Waals surface area (Å²) in [4.78, 5) is 4.02. The largest absolute Gasteiger partial charge is 0.493 e. The van der Waals surface area contributed by atoms with Crippen molar-refractivity contribution in [3.63, 3.8) is 0 Å². The van der Waals surface area contributed by atoms with Crippen LogP contribution in [-0.4, -0.2) is 12.1 Å². The monoisotopic (exact) mass is 184 g/mol. The Morgan fingerprint density at radius 1 is 1.62 bits per heavy atom. The number of hydrogen-bond acceptors (Lipinski definition) is 3. The Kier molecular flexibility index (Phi) is 2.70. The van der Waals surface area contributed by atoms with Crippen molar-refractivity contribution in [3.8, 4) is 5.75 Å². The topological polar surface area (TPSA) is 48.1 Å². The second kappa shape index (κ2) is 3.60. The third kappa shape index (κ3) is 1.88. The van der Waals surface area contributed by atoms with Gasteiger partial charge in [-0.2, -0.15) is 0 Å². The summed E-state index contributed by atoms with van der Waals surface area (Å²) < 4.78 is 17.9. The lowest BCUT2D eigenvalue weighted by Gasteiger charge is -2.10. The molecule has 1 unspecified atom stereocenters. The molecule has 0 fully saturated rings. The number of ether oxygens (including phenoxy) is 1. The fourth-order valence-corrected chi connectivity index (χ4v) is 1.18. The minimum Gasteiger partial charge on any atom is -0.493 e. The van der Waals surface area contributed by atoms with Crippen LogP contribution in [0.4, 0.5) is 10.1 Å². The van der Waals surface area contributed by atoms with Crippen LogP contribution in [-0.2, 0) is 0 Å². The van der Waals surface area contributed by atoms with E-state index in [-0.39, 0.29) is 0 Å². The molecule has 72 valence electrons. The van der Waals surface area contributed by atoms with Gasteiger partial charge in [0.2, 0.25) is 0 Å². The molecule has 0 radical (unpaired) electrons. The molecule has 0 spiro atoms. The van der Waals surface area contributed by atoms with Crippen molar-refractivity contribution in [3.05, 3.63) is 17.5 Å². The predicted octanol–water partition coefficient (Wildman–Crippen LogP) is 2.01. The maximum atomic E-state index is 12.9. The van der Waals surface area contributed by atoms with E-state index in [1.807, 2.05) is 0 Å². The highest BCUT2D eigenvalue weighted by atomic mass is 19.1. The van der Waals surface area contributed by atoms with Crippen molar-refractivity contribution >= 4 is 5.69 Å². The Balaban J connectivity index is 3.20. The molecule has 0 saturated carbocycles. The molecular formula is C9H13FN2O. The number of anilines is 1. The first kappa shape index (κ1) is 9.77. The lowest BCUT2D eigenvalue weighted by atomic mass is 10.2. The van der Waals surface area contributed by atoms with Gasteiger partial charge in [-0.25, -0.2) is 4.39 Å². The van der Waals surface area contributed by atoms with Crippen molar-refractivity contribution < 1.29 is 9.13 Å². The highest BCUT2D eigenvalue weighted by Crippen LogP contribution is 2.27. The molecule has 1 aromatic heterocycles. The van der Waals surface area contributed by atoms with E-state index in [2.05, 4.69) is 4.98 Å². The number of aromatic nitrogens is 1. The first-order valence-electron chi connectivity index (χ1n) is 4.01. The van der Waals surface area contributed by atoms with Gasteiger partial charge in [-0.05, 0) is 19.9 Å². The highest BCUT2D eigenvalue weighted by Gasteiger charge is 2.11. The summed E-state index contributed by atoms with van der Waals surface area (Å²) >= 11 is 0. The molecule has 0 saturated heterocycles. The second-order valence-electron chi connectivity index (χ2n) is 2.87. The van der Waals surface area contributed by atoms with Gasteiger partial charge in [-0.15, -0.1) is 0 Å². The van der Waals surface area contributed by atoms with E-state index in [0.29, 0.717) is 22.8 Å². The number of nitrogens with zero attached hydrogens (tertiary/aromatic N) is 1. The van der Waals surface area contributed by atoms with E-state index in [9.17, 15) is 4.39 Å². The van der Waals surface area contributed by atoms with Crippen LogP contribution in [0.1, 0.15) is 24.5 Å². The lowest BCUT2D eigenvalue weighted by Crippen LogP contribution is -2.01. The number of halogens is 1. The normalized spacial score (nSPS) is 12.6. The van der Waals surface area contributed by atoms with Crippen LogP contribution in [0.25, 0.3) is 0 Å². The van der Waals surface area contributed by atoms with Gasteiger partial charge in [-0.3, -0.25) is 4.98 Å². The van der Waals surface area contributed by atoms with E-state index in [1.165, 1.54) is 20.1 Å². The molecule has 13 heavy (non-hydrogen) atoms. The Hall–Kier alpha value is -1.32. The Bertz CT molecular complexity index is 289. The van der Waals surface area contributed by atoms with Crippen LogP contribution in [0.2, 0.25) is 0 Å². The van der Waals surface area contributed by atoms with Gasteiger partial charge in [0.1, 0.15) is 6.17 Å². The van der Waals surface area contributed by atoms with Crippen LogP contribution in [0.15, 0.2) is 6.07 Å². The average Bonchev–Trinajstić information content (AvgIpc) is 2.03. The van der Waals surface area contributed by atoms with Gasteiger partial charge >= 0.3 is 0 Å². The third-order valence-corrected chi connectivity index (χ3v) is 1.80. The molecule has 4 heteroatoms. The van der Waals surface area contributed by atoms with E-state index in [4.69, 9.17) is 10.5 Å². The Morgan fingerprint density at radius 3 is 2.62 bits per heavy atom. The number of rotatable bonds is 2. The number of nitrogen functional groups attached to an aromatic ring is 1. The number of methoxy groups -OCH3 is 1. The number of nitrogens with two attached hydrogens (primary N) is 1. The van der Waals surface area contributed by atoms with E-state index in [0.717, 1.165) is 0 Å². The molecule has 0 aliphatic heterocycles. The molecular weight excluding hydrogens is 171 g/mol. The molecule has 0 bridgehead atoms. The minimum absolute atomic E-state index is 0.343. The smallest absolute Gasteiger partial charge is 0.162 e. The molecule has 2 N–H and O–H groups in total. The van der Waals surface area contributed by atoms with Crippen LogP contribution in [0.3, 0.4) is 0 Å². The van der Waals surface area contributed by atoms with Crippen LogP contribution in [0, 0.1) is 6.92 Å². The maximum absolute atomic E-state index is 12.9. The number of aryl methyl sites for hydroxylation is 1. The van der Waals surface area contributed by atoms with Gasteiger partial charge in [0.25, 0.3) is 0 Å². The fourth-order valence-electron chi connectivity index (χ4n) is 1.18. The zero-order chi connectivity index (χ0) is 10.0. The third-order valence-electron chi connectivity index (χ3n) is 1.80. The molecule has 3 nitrogen and oxygen atoms in total. The molecule has 0 aliphatic rings. The first-order chi connectivity index (χ1) is 6.06. The lowest BCUT2D eigenvalue weighted by molar-refractivity contribution is 0.362. The summed E-state index contributed by atoms with van der Waals surface area (Å²) in [5.41, 5.74) is 7.02. The highest BCUT2D eigenvalue weighted by molar-refractivity contribution is 5.55.